The van der Waals surface area contributed by atoms with Gasteiger partial charge in [0.15, 0.2) is 0 Å². The first-order valence-electron chi connectivity index (χ1n) is 5.90. The monoisotopic (exact) mass is 221 g/mol. The Bertz CT molecular complexity index is 342. The standard InChI is InChI=1S/C14H23NO/c1-10(2)14(5,15)12-7-6-8-13(9-12)16-11(3)4/h6-11H,15H2,1-5H3. The third-order valence-corrected chi connectivity index (χ3v) is 3.03. The molecular weight excluding hydrogens is 198 g/mol. The number of hydrogen-bond acceptors (Lipinski definition) is 2. The zero-order chi connectivity index (χ0) is 12.3. The normalized spacial score (nSPS) is 15.2. The van der Waals surface area contributed by atoms with E-state index in [0.29, 0.717) is 5.92 Å². The lowest BCUT2D eigenvalue weighted by Crippen LogP contribution is -2.38. The minimum atomic E-state index is -0.309. The van der Waals surface area contributed by atoms with Gasteiger partial charge in [0.2, 0.25) is 0 Å². The fourth-order valence-electron chi connectivity index (χ4n) is 1.51. The fraction of sp³-hybridized carbons (Fsp3) is 0.571. The highest BCUT2D eigenvalue weighted by Gasteiger charge is 2.25. The Morgan fingerprint density at radius 1 is 1.19 bits per heavy atom. The van der Waals surface area contributed by atoms with Crippen LogP contribution in [0.1, 0.15) is 40.2 Å². The lowest BCUT2D eigenvalue weighted by atomic mass is 9.83. The van der Waals surface area contributed by atoms with E-state index in [9.17, 15) is 0 Å². The summed E-state index contributed by atoms with van der Waals surface area (Å²) in [6.45, 7) is 10.4. The van der Waals surface area contributed by atoms with Crippen LogP contribution in [0.2, 0.25) is 0 Å². The molecular formula is C14H23NO. The quantitative estimate of drug-likeness (QED) is 0.846. The molecule has 0 bridgehead atoms. The van der Waals surface area contributed by atoms with Crippen LogP contribution in [-0.4, -0.2) is 6.10 Å². The molecule has 0 saturated carbocycles. The molecule has 0 spiro atoms. The van der Waals surface area contributed by atoms with E-state index >= 15 is 0 Å². The predicted octanol–water partition coefficient (Wildman–Crippen LogP) is 3.30. The summed E-state index contributed by atoms with van der Waals surface area (Å²) in [5.74, 6) is 1.28. The molecule has 1 unspecified atom stereocenters. The first-order valence-corrected chi connectivity index (χ1v) is 5.90. The van der Waals surface area contributed by atoms with Crippen molar-refractivity contribution in [2.75, 3.05) is 0 Å². The first kappa shape index (κ1) is 13.0. The van der Waals surface area contributed by atoms with Gasteiger partial charge in [-0.3, -0.25) is 0 Å². The fourth-order valence-corrected chi connectivity index (χ4v) is 1.51. The van der Waals surface area contributed by atoms with Crippen LogP contribution in [0.15, 0.2) is 24.3 Å². The Balaban J connectivity index is 2.98. The Morgan fingerprint density at radius 2 is 1.81 bits per heavy atom. The molecule has 16 heavy (non-hydrogen) atoms. The van der Waals surface area contributed by atoms with Crippen molar-refractivity contribution >= 4 is 0 Å². The molecule has 0 fully saturated rings. The third kappa shape index (κ3) is 2.99. The molecule has 0 saturated heterocycles. The first-order chi connectivity index (χ1) is 7.34. The zero-order valence-electron chi connectivity index (χ0n) is 10.9. The average molecular weight is 221 g/mol. The lowest BCUT2D eigenvalue weighted by molar-refractivity contribution is 0.241. The maximum atomic E-state index is 6.32. The molecule has 0 aliphatic rings. The number of rotatable bonds is 4. The van der Waals surface area contributed by atoms with Gasteiger partial charge < -0.3 is 10.5 Å². The van der Waals surface area contributed by atoms with Gasteiger partial charge in [0.25, 0.3) is 0 Å². The minimum absolute atomic E-state index is 0.193. The van der Waals surface area contributed by atoms with Crippen LogP contribution >= 0.6 is 0 Å². The van der Waals surface area contributed by atoms with Gasteiger partial charge in [-0.05, 0) is 44.4 Å². The second-order valence-electron chi connectivity index (χ2n) is 5.13. The zero-order valence-corrected chi connectivity index (χ0v) is 10.9. The van der Waals surface area contributed by atoms with Crippen LogP contribution in [0.25, 0.3) is 0 Å². The molecule has 2 nitrogen and oxygen atoms in total. The van der Waals surface area contributed by atoms with Gasteiger partial charge in [0.1, 0.15) is 5.75 Å². The van der Waals surface area contributed by atoms with E-state index in [0.717, 1.165) is 11.3 Å². The summed E-state index contributed by atoms with van der Waals surface area (Å²) < 4.78 is 5.67. The molecule has 90 valence electrons. The molecule has 0 amide bonds. The summed E-state index contributed by atoms with van der Waals surface area (Å²) >= 11 is 0. The van der Waals surface area contributed by atoms with E-state index in [2.05, 4.69) is 26.8 Å². The minimum Gasteiger partial charge on any atom is -0.491 e. The van der Waals surface area contributed by atoms with Crippen molar-refractivity contribution in [3.05, 3.63) is 29.8 Å². The van der Waals surface area contributed by atoms with Gasteiger partial charge >= 0.3 is 0 Å². The van der Waals surface area contributed by atoms with Gasteiger partial charge in [0.05, 0.1) is 6.10 Å². The molecule has 0 aromatic heterocycles. The van der Waals surface area contributed by atoms with Crippen molar-refractivity contribution in [3.63, 3.8) is 0 Å². The van der Waals surface area contributed by atoms with E-state index in [1.165, 1.54) is 0 Å². The Kier molecular flexibility index (Phi) is 3.98. The van der Waals surface area contributed by atoms with Crippen molar-refractivity contribution < 1.29 is 4.74 Å². The summed E-state index contributed by atoms with van der Waals surface area (Å²) in [5.41, 5.74) is 7.14. The number of benzene rings is 1. The maximum absolute atomic E-state index is 6.32. The van der Waals surface area contributed by atoms with Crippen LogP contribution in [0.4, 0.5) is 0 Å². The van der Waals surface area contributed by atoms with Crippen LogP contribution in [0.5, 0.6) is 5.75 Å². The largest absolute Gasteiger partial charge is 0.491 e. The molecule has 1 aromatic rings. The SMILES string of the molecule is CC(C)Oc1cccc(C(C)(N)C(C)C)c1. The molecule has 1 aromatic carbocycles. The molecule has 2 N–H and O–H groups in total. The highest BCUT2D eigenvalue weighted by atomic mass is 16.5. The van der Waals surface area contributed by atoms with E-state index in [4.69, 9.17) is 10.5 Å². The maximum Gasteiger partial charge on any atom is 0.120 e. The lowest BCUT2D eigenvalue weighted by Gasteiger charge is -2.30. The summed E-state index contributed by atoms with van der Waals surface area (Å²) in [7, 11) is 0. The summed E-state index contributed by atoms with van der Waals surface area (Å²) in [6.07, 6.45) is 0.193. The van der Waals surface area contributed by atoms with Crippen LogP contribution in [0, 0.1) is 5.92 Å². The Morgan fingerprint density at radius 3 is 2.31 bits per heavy atom. The number of nitrogens with two attached hydrogens (primary N) is 1. The topological polar surface area (TPSA) is 35.2 Å². The summed E-state index contributed by atoms with van der Waals surface area (Å²) in [6, 6.07) is 8.08. The second kappa shape index (κ2) is 4.88. The van der Waals surface area contributed by atoms with E-state index < -0.39 is 0 Å². The van der Waals surface area contributed by atoms with Crippen LogP contribution in [0.3, 0.4) is 0 Å². The van der Waals surface area contributed by atoms with Gasteiger partial charge in [-0.25, -0.2) is 0 Å². The molecule has 2 heteroatoms. The van der Waals surface area contributed by atoms with E-state index in [1.54, 1.807) is 0 Å². The van der Waals surface area contributed by atoms with Crippen LogP contribution < -0.4 is 10.5 Å². The van der Waals surface area contributed by atoms with Crippen molar-refractivity contribution in [1.82, 2.24) is 0 Å². The van der Waals surface area contributed by atoms with Gasteiger partial charge in [0, 0.05) is 5.54 Å². The molecule has 1 rings (SSSR count). The van der Waals surface area contributed by atoms with Crippen LogP contribution in [-0.2, 0) is 5.54 Å². The Hall–Kier alpha value is -1.02. The molecule has 0 aliphatic carbocycles. The van der Waals surface area contributed by atoms with E-state index in [1.807, 2.05) is 32.0 Å². The average Bonchev–Trinajstić information content (AvgIpc) is 2.16. The number of ether oxygens (including phenoxy) is 1. The molecule has 0 aliphatic heterocycles. The molecule has 0 radical (unpaired) electrons. The van der Waals surface area contributed by atoms with Crippen molar-refractivity contribution in [1.29, 1.82) is 0 Å². The molecule has 1 atom stereocenters. The highest BCUT2D eigenvalue weighted by Crippen LogP contribution is 2.28. The molecule has 0 heterocycles. The highest BCUT2D eigenvalue weighted by molar-refractivity contribution is 5.33. The third-order valence-electron chi connectivity index (χ3n) is 3.03. The van der Waals surface area contributed by atoms with E-state index in [-0.39, 0.29) is 11.6 Å². The number of hydrogen-bond donors (Lipinski definition) is 1. The van der Waals surface area contributed by atoms with Gasteiger partial charge in [-0.2, -0.15) is 0 Å². The second-order valence-corrected chi connectivity index (χ2v) is 5.13. The predicted molar refractivity (Wildman–Crippen MR) is 68.6 cm³/mol. The van der Waals surface area contributed by atoms with Crippen molar-refractivity contribution in [3.8, 4) is 5.75 Å². The van der Waals surface area contributed by atoms with Crippen molar-refractivity contribution in [2.24, 2.45) is 11.7 Å². The summed E-state index contributed by atoms with van der Waals surface area (Å²) in [4.78, 5) is 0. The summed E-state index contributed by atoms with van der Waals surface area (Å²) in [5, 5.41) is 0. The van der Waals surface area contributed by atoms with Gasteiger partial charge in [-0.1, -0.05) is 26.0 Å². The Labute approximate surface area is 98.8 Å². The smallest absolute Gasteiger partial charge is 0.120 e. The van der Waals surface area contributed by atoms with Gasteiger partial charge in [-0.15, -0.1) is 0 Å². The van der Waals surface area contributed by atoms with Crippen molar-refractivity contribution in [2.45, 2.75) is 46.3 Å².